The van der Waals surface area contributed by atoms with Gasteiger partial charge in [-0.05, 0) is 0 Å². The molecule has 8 heteroatoms. The number of ketones is 1. The Morgan fingerprint density at radius 3 is 1.96 bits per heavy atom. The van der Waals surface area contributed by atoms with Gasteiger partial charge in [0.25, 0.3) is 0 Å². The summed E-state index contributed by atoms with van der Waals surface area (Å²) in [5.74, 6) is -12.4. The number of benzene rings is 2. The Kier molecular flexibility index (Phi) is 4.15. The highest BCUT2D eigenvalue weighted by Gasteiger charge is 2.31. The van der Waals surface area contributed by atoms with Gasteiger partial charge in [0.1, 0.15) is 16.3 Å². The summed E-state index contributed by atoms with van der Waals surface area (Å²) in [5, 5.41) is 1.57. The molecule has 0 fully saturated rings. The quantitative estimate of drug-likeness (QED) is 0.294. The van der Waals surface area contributed by atoms with Crippen LogP contribution in [0.1, 0.15) is 16.1 Å². The van der Waals surface area contributed by atoms with Crippen molar-refractivity contribution in [2.45, 2.75) is 0 Å². The van der Waals surface area contributed by atoms with E-state index in [0.717, 1.165) is 11.3 Å². The van der Waals surface area contributed by atoms with Crippen LogP contribution in [-0.4, -0.2) is 10.8 Å². The highest BCUT2D eigenvalue weighted by molar-refractivity contribution is 7.13. The van der Waals surface area contributed by atoms with Gasteiger partial charge in [-0.3, -0.25) is 4.79 Å². The third-order valence-corrected chi connectivity index (χ3v) is 4.09. The Balaban J connectivity index is 2.07. The van der Waals surface area contributed by atoms with Gasteiger partial charge in [0.05, 0.1) is 0 Å². The number of aromatic nitrogens is 1. The number of nitrogens with zero attached hydrogens (tertiary/aromatic N) is 1. The minimum atomic E-state index is -2.31. The van der Waals surface area contributed by atoms with E-state index >= 15 is 0 Å². The first-order chi connectivity index (χ1) is 11.4. The van der Waals surface area contributed by atoms with Crippen LogP contribution in [0.4, 0.5) is 22.0 Å². The van der Waals surface area contributed by atoms with Gasteiger partial charge in [-0.2, -0.15) is 0 Å². The van der Waals surface area contributed by atoms with E-state index in [1.807, 2.05) is 0 Å². The molecule has 0 N–H and O–H groups in total. The molecule has 0 bridgehead atoms. The highest BCUT2D eigenvalue weighted by atomic mass is 32.1. The molecule has 1 heterocycles. The maximum atomic E-state index is 13.7. The number of thiazole rings is 1. The molecule has 0 saturated carbocycles. The summed E-state index contributed by atoms with van der Waals surface area (Å²) in [4.78, 5) is 16.1. The fraction of sp³-hybridized carbons (Fsp3) is 0. The third-order valence-electron chi connectivity index (χ3n) is 3.19. The van der Waals surface area contributed by atoms with Gasteiger partial charge in [-0.25, -0.2) is 26.9 Å². The Bertz CT molecular complexity index is 910. The zero-order valence-corrected chi connectivity index (χ0v) is 12.4. The normalized spacial score (nSPS) is 10.9. The molecule has 0 aliphatic carbocycles. The van der Waals surface area contributed by atoms with Gasteiger partial charge in [0.2, 0.25) is 11.6 Å². The number of halogens is 5. The van der Waals surface area contributed by atoms with Gasteiger partial charge < -0.3 is 0 Å². The first-order valence-corrected chi connectivity index (χ1v) is 7.37. The Morgan fingerprint density at radius 1 is 0.833 bits per heavy atom. The second-order valence-corrected chi connectivity index (χ2v) is 5.54. The Hall–Kier alpha value is -2.61. The minimum Gasteiger partial charge on any atom is -0.287 e. The van der Waals surface area contributed by atoms with Crippen LogP contribution >= 0.6 is 11.3 Å². The number of rotatable bonds is 3. The number of carbonyl (C=O) groups is 1. The second kappa shape index (κ2) is 6.12. The highest BCUT2D eigenvalue weighted by Crippen LogP contribution is 2.28. The van der Waals surface area contributed by atoms with Crippen molar-refractivity contribution in [3.63, 3.8) is 0 Å². The largest absolute Gasteiger partial charge is 0.287 e. The lowest BCUT2D eigenvalue weighted by molar-refractivity contribution is 0.102. The standard InChI is InChI=1S/C16H6F5NOS/c17-10-9(11(18)13(20)14(21)12(10)19)15(23)8-6-24-16(22-8)7-4-2-1-3-5-7/h1-6H. The van der Waals surface area contributed by atoms with Crippen LogP contribution in [0.25, 0.3) is 10.6 Å². The van der Waals surface area contributed by atoms with E-state index in [1.165, 1.54) is 5.38 Å². The first kappa shape index (κ1) is 16.3. The van der Waals surface area contributed by atoms with Crippen molar-refractivity contribution in [3.8, 4) is 10.6 Å². The summed E-state index contributed by atoms with van der Waals surface area (Å²) < 4.78 is 66.9. The number of carbonyl (C=O) groups excluding carboxylic acids is 1. The molecule has 0 atom stereocenters. The minimum absolute atomic E-state index is 0.378. The van der Waals surface area contributed by atoms with Gasteiger partial charge in [-0.15, -0.1) is 11.3 Å². The van der Waals surface area contributed by atoms with Crippen LogP contribution in [0.2, 0.25) is 0 Å². The van der Waals surface area contributed by atoms with Crippen molar-refractivity contribution >= 4 is 17.1 Å². The zero-order valence-electron chi connectivity index (χ0n) is 11.6. The average molecular weight is 355 g/mol. The lowest BCUT2D eigenvalue weighted by atomic mass is 10.1. The molecule has 0 aliphatic rings. The molecule has 0 spiro atoms. The summed E-state index contributed by atoms with van der Waals surface area (Å²) in [6.07, 6.45) is 0. The van der Waals surface area contributed by atoms with Crippen molar-refractivity contribution < 1.29 is 26.7 Å². The molecule has 0 radical (unpaired) electrons. The molecule has 2 nitrogen and oxygen atoms in total. The van der Waals surface area contributed by atoms with Crippen LogP contribution < -0.4 is 0 Å². The van der Waals surface area contributed by atoms with E-state index in [4.69, 9.17) is 0 Å². The molecule has 3 aromatic rings. The van der Waals surface area contributed by atoms with Crippen molar-refractivity contribution in [3.05, 3.63) is 76.1 Å². The summed E-state index contributed by atoms with van der Waals surface area (Å²) >= 11 is 1.01. The van der Waals surface area contributed by atoms with E-state index in [0.29, 0.717) is 10.6 Å². The van der Waals surface area contributed by atoms with Crippen LogP contribution in [0, 0.1) is 29.1 Å². The van der Waals surface area contributed by atoms with E-state index in [9.17, 15) is 26.7 Å². The van der Waals surface area contributed by atoms with E-state index < -0.39 is 46.1 Å². The second-order valence-electron chi connectivity index (χ2n) is 4.68. The van der Waals surface area contributed by atoms with Gasteiger partial charge in [0, 0.05) is 10.9 Å². The van der Waals surface area contributed by atoms with E-state index in [-0.39, 0.29) is 0 Å². The molecular weight excluding hydrogens is 349 g/mol. The zero-order chi connectivity index (χ0) is 17.4. The van der Waals surface area contributed by atoms with Crippen LogP contribution in [-0.2, 0) is 0 Å². The van der Waals surface area contributed by atoms with Crippen LogP contribution in [0.5, 0.6) is 0 Å². The summed E-state index contributed by atoms with van der Waals surface area (Å²) in [5.41, 5.74) is -1.27. The lowest BCUT2D eigenvalue weighted by Gasteiger charge is -2.05. The maximum Gasteiger partial charge on any atom is 0.218 e. The van der Waals surface area contributed by atoms with Crippen molar-refractivity contribution in [2.24, 2.45) is 0 Å². The predicted molar refractivity (Wildman–Crippen MR) is 77.2 cm³/mol. The van der Waals surface area contributed by atoms with Gasteiger partial charge in [0.15, 0.2) is 23.3 Å². The molecule has 24 heavy (non-hydrogen) atoms. The average Bonchev–Trinajstić information content (AvgIpc) is 3.09. The molecule has 2 aromatic carbocycles. The molecule has 3 rings (SSSR count). The maximum absolute atomic E-state index is 13.7. The van der Waals surface area contributed by atoms with Crippen LogP contribution in [0.3, 0.4) is 0 Å². The van der Waals surface area contributed by atoms with Gasteiger partial charge in [-0.1, -0.05) is 30.3 Å². The van der Waals surface area contributed by atoms with Gasteiger partial charge >= 0.3 is 0 Å². The van der Waals surface area contributed by atoms with Crippen molar-refractivity contribution in [1.82, 2.24) is 4.98 Å². The Morgan fingerprint density at radius 2 is 1.38 bits per heavy atom. The topological polar surface area (TPSA) is 30.0 Å². The SMILES string of the molecule is O=C(c1csc(-c2ccccc2)n1)c1c(F)c(F)c(F)c(F)c1F. The van der Waals surface area contributed by atoms with Crippen LogP contribution in [0.15, 0.2) is 35.7 Å². The molecule has 0 aliphatic heterocycles. The van der Waals surface area contributed by atoms with E-state index in [2.05, 4.69) is 4.98 Å². The Labute approximate surface area is 136 Å². The molecular formula is C16H6F5NOS. The summed E-state index contributed by atoms with van der Waals surface area (Å²) in [6, 6.07) is 8.61. The fourth-order valence-corrected chi connectivity index (χ4v) is 2.83. The van der Waals surface area contributed by atoms with Crippen molar-refractivity contribution in [2.75, 3.05) is 0 Å². The molecule has 1 aromatic heterocycles. The molecule has 0 unspecified atom stereocenters. The molecule has 0 saturated heterocycles. The number of hydrogen-bond acceptors (Lipinski definition) is 3. The monoisotopic (exact) mass is 355 g/mol. The lowest BCUT2D eigenvalue weighted by Crippen LogP contribution is -2.14. The summed E-state index contributed by atoms with van der Waals surface area (Å²) in [7, 11) is 0. The fourth-order valence-electron chi connectivity index (χ4n) is 2.02. The smallest absolute Gasteiger partial charge is 0.218 e. The number of hydrogen-bond donors (Lipinski definition) is 0. The molecule has 0 amide bonds. The predicted octanol–water partition coefficient (Wildman–Crippen LogP) is 4.74. The first-order valence-electron chi connectivity index (χ1n) is 6.49. The van der Waals surface area contributed by atoms with Crippen molar-refractivity contribution in [1.29, 1.82) is 0 Å². The molecule has 122 valence electrons. The summed E-state index contributed by atoms with van der Waals surface area (Å²) in [6.45, 7) is 0. The van der Waals surface area contributed by atoms with E-state index in [1.54, 1.807) is 30.3 Å². The third kappa shape index (κ3) is 2.58.